The lowest BCUT2D eigenvalue weighted by atomic mass is 10.0. The highest BCUT2D eigenvalue weighted by molar-refractivity contribution is 5.22. The van der Waals surface area contributed by atoms with Crippen molar-refractivity contribution in [3.05, 3.63) is 71.3 Å². The third-order valence-electron chi connectivity index (χ3n) is 3.48. The van der Waals surface area contributed by atoms with Crippen LogP contribution >= 0.6 is 0 Å². The number of rotatable bonds is 6. The Kier molecular flexibility index (Phi) is 5.42. The van der Waals surface area contributed by atoms with Gasteiger partial charge in [0.05, 0.1) is 6.61 Å². The maximum absolute atomic E-state index is 13.8. The third kappa shape index (κ3) is 4.09. The Morgan fingerprint density at radius 3 is 2.43 bits per heavy atom. The second-order valence-corrected chi connectivity index (χ2v) is 5.10. The van der Waals surface area contributed by atoms with Gasteiger partial charge in [-0.1, -0.05) is 42.5 Å². The molecule has 0 saturated carbocycles. The molecule has 0 aliphatic rings. The van der Waals surface area contributed by atoms with Crippen molar-refractivity contribution >= 4 is 0 Å². The van der Waals surface area contributed by atoms with Gasteiger partial charge in [-0.15, -0.1) is 0 Å². The average molecular weight is 291 g/mol. The van der Waals surface area contributed by atoms with Crippen molar-refractivity contribution in [2.24, 2.45) is 0 Å². The molecule has 4 heteroatoms. The second kappa shape index (κ2) is 7.29. The lowest BCUT2D eigenvalue weighted by Gasteiger charge is -2.22. The summed E-state index contributed by atoms with van der Waals surface area (Å²) in [5, 5.41) is 12.6. The molecule has 2 atom stereocenters. The minimum Gasteiger partial charge on any atom is -0.395 e. The first-order valence-corrected chi connectivity index (χ1v) is 6.96. The van der Waals surface area contributed by atoms with Crippen molar-refractivity contribution in [2.45, 2.75) is 25.4 Å². The first kappa shape index (κ1) is 15.6. The normalized spacial score (nSPS) is 13.9. The van der Waals surface area contributed by atoms with E-state index in [0.717, 1.165) is 11.6 Å². The fourth-order valence-corrected chi connectivity index (χ4v) is 2.37. The average Bonchev–Trinajstić information content (AvgIpc) is 2.50. The molecule has 0 aliphatic heterocycles. The van der Waals surface area contributed by atoms with Crippen LogP contribution in [0.1, 0.15) is 24.1 Å². The first-order chi connectivity index (χ1) is 10.1. The van der Waals surface area contributed by atoms with Crippen LogP contribution in [0, 0.1) is 11.6 Å². The minimum atomic E-state index is -0.857. The topological polar surface area (TPSA) is 32.3 Å². The summed E-state index contributed by atoms with van der Waals surface area (Å²) in [4.78, 5) is 0. The van der Waals surface area contributed by atoms with E-state index in [1.54, 1.807) is 13.0 Å². The van der Waals surface area contributed by atoms with E-state index in [9.17, 15) is 13.9 Å². The molecule has 0 saturated heterocycles. The van der Waals surface area contributed by atoms with Crippen LogP contribution in [0.25, 0.3) is 0 Å². The molecule has 2 aromatic carbocycles. The van der Waals surface area contributed by atoms with E-state index < -0.39 is 11.6 Å². The Morgan fingerprint density at radius 2 is 1.76 bits per heavy atom. The Morgan fingerprint density at radius 1 is 1.05 bits per heavy atom. The lowest BCUT2D eigenvalue weighted by Crippen LogP contribution is -2.36. The van der Waals surface area contributed by atoms with Gasteiger partial charge in [0, 0.05) is 17.6 Å². The second-order valence-electron chi connectivity index (χ2n) is 5.10. The van der Waals surface area contributed by atoms with Crippen molar-refractivity contribution in [1.29, 1.82) is 0 Å². The van der Waals surface area contributed by atoms with Gasteiger partial charge in [-0.3, -0.25) is 0 Å². The highest BCUT2D eigenvalue weighted by atomic mass is 19.2. The first-order valence-electron chi connectivity index (χ1n) is 6.96. The maximum atomic E-state index is 13.8. The van der Waals surface area contributed by atoms with Crippen LogP contribution in [0.2, 0.25) is 0 Å². The predicted molar refractivity (Wildman–Crippen MR) is 78.9 cm³/mol. The zero-order chi connectivity index (χ0) is 15.2. The summed E-state index contributed by atoms with van der Waals surface area (Å²) in [6.45, 7) is 1.68. The summed E-state index contributed by atoms with van der Waals surface area (Å²) < 4.78 is 27.0. The molecule has 0 amide bonds. The number of hydrogen-bond acceptors (Lipinski definition) is 2. The molecule has 0 radical (unpaired) electrons. The number of aliphatic hydroxyl groups is 1. The van der Waals surface area contributed by atoms with E-state index in [1.807, 2.05) is 30.3 Å². The number of nitrogens with one attached hydrogen (secondary N) is 1. The molecule has 112 valence electrons. The van der Waals surface area contributed by atoms with E-state index >= 15 is 0 Å². The Hall–Kier alpha value is -1.78. The SMILES string of the molecule is CC(NC(CO)Cc1ccccc1)c1cccc(F)c1F. The van der Waals surface area contributed by atoms with Crippen LogP contribution in [-0.4, -0.2) is 17.8 Å². The van der Waals surface area contributed by atoms with Gasteiger partial charge in [0.15, 0.2) is 11.6 Å². The summed E-state index contributed by atoms with van der Waals surface area (Å²) in [6.07, 6.45) is 0.624. The van der Waals surface area contributed by atoms with Crippen LogP contribution < -0.4 is 5.32 Å². The largest absolute Gasteiger partial charge is 0.395 e. The molecule has 2 aromatic rings. The zero-order valence-electron chi connectivity index (χ0n) is 11.9. The Labute approximate surface area is 123 Å². The summed E-state index contributed by atoms with van der Waals surface area (Å²) in [5.41, 5.74) is 1.34. The summed E-state index contributed by atoms with van der Waals surface area (Å²) in [7, 11) is 0. The zero-order valence-corrected chi connectivity index (χ0v) is 11.9. The van der Waals surface area contributed by atoms with Gasteiger partial charge in [0.1, 0.15) is 0 Å². The van der Waals surface area contributed by atoms with Crippen LogP contribution in [0.4, 0.5) is 8.78 Å². The van der Waals surface area contributed by atoms with E-state index in [2.05, 4.69) is 5.32 Å². The van der Waals surface area contributed by atoms with Crippen molar-refractivity contribution in [3.63, 3.8) is 0 Å². The molecule has 0 aliphatic carbocycles. The number of halogens is 2. The Bertz CT molecular complexity index is 574. The predicted octanol–water partition coefficient (Wildman–Crippen LogP) is 3.22. The van der Waals surface area contributed by atoms with Crippen molar-refractivity contribution in [3.8, 4) is 0 Å². The van der Waals surface area contributed by atoms with Gasteiger partial charge in [-0.05, 0) is 25.0 Å². The van der Waals surface area contributed by atoms with Crippen LogP contribution in [0.5, 0.6) is 0 Å². The Balaban J connectivity index is 2.06. The van der Waals surface area contributed by atoms with E-state index in [1.165, 1.54) is 6.07 Å². The molecule has 2 unspecified atom stereocenters. The van der Waals surface area contributed by atoms with Crippen molar-refractivity contribution in [1.82, 2.24) is 5.32 Å². The van der Waals surface area contributed by atoms with E-state index in [4.69, 9.17) is 0 Å². The molecule has 0 heterocycles. The van der Waals surface area contributed by atoms with Gasteiger partial charge < -0.3 is 10.4 Å². The highest BCUT2D eigenvalue weighted by Gasteiger charge is 2.17. The fraction of sp³-hybridized carbons (Fsp3) is 0.294. The van der Waals surface area contributed by atoms with Crippen LogP contribution in [-0.2, 0) is 6.42 Å². The summed E-state index contributed by atoms with van der Waals surface area (Å²) in [6, 6.07) is 13.2. The van der Waals surface area contributed by atoms with Gasteiger partial charge in [0.25, 0.3) is 0 Å². The van der Waals surface area contributed by atoms with E-state index in [0.29, 0.717) is 6.42 Å². The fourth-order valence-electron chi connectivity index (χ4n) is 2.37. The van der Waals surface area contributed by atoms with E-state index in [-0.39, 0.29) is 24.3 Å². The molecule has 0 spiro atoms. The third-order valence-corrected chi connectivity index (χ3v) is 3.48. The van der Waals surface area contributed by atoms with Gasteiger partial charge in [-0.2, -0.15) is 0 Å². The standard InChI is InChI=1S/C17H19F2NO/c1-12(15-8-5-9-16(18)17(15)19)20-14(11-21)10-13-6-3-2-4-7-13/h2-9,12,14,20-21H,10-11H2,1H3. The number of aliphatic hydroxyl groups excluding tert-OH is 1. The minimum absolute atomic E-state index is 0.0732. The lowest BCUT2D eigenvalue weighted by molar-refractivity contribution is 0.231. The molecular formula is C17H19F2NO. The molecule has 0 fully saturated rings. The van der Waals surface area contributed by atoms with Crippen LogP contribution in [0.15, 0.2) is 48.5 Å². The molecule has 21 heavy (non-hydrogen) atoms. The van der Waals surface area contributed by atoms with Gasteiger partial charge in [0.2, 0.25) is 0 Å². The maximum Gasteiger partial charge on any atom is 0.163 e. The molecule has 2 nitrogen and oxygen atoms in total. The monoisotopic (exact) mass is 291 g/mol. The molecule has 0 bridgehead atoms. The molecule has 2 N–H and O–H groups in total. The summed E-state index contributed by atoms with van der Waals surface area (Å²) in [5.74, 6) is -1.70. The highest BCUT2D eigenvalue weighted by Crippen LogP contribution is 2.19. The smallest absolute Gasteiger partial charge is 0.163 e. The van der Waals surface area contributed by atoms with Crippen LogP contribution in [0.3, 0.4) is 0 Å². The number of hydrogen-bond donors (Lipinski definition) is 2. The quantitative estimate of drug-likeness (QED) is 0.856. The van der Waals surface area contributed by atoms with Gasteiger partial charge >= 0.3 is 0 Å². The molecule has 0 aromatic heterocycles. The van der Waals surface area contributed by atoms with Gasteiger partial charge in [-0.25, -0.2) is 8.78 Å². The molecule has 2 rings (SSSR count). The summed E-state index contributed by atoms with van der Waals surface area (Å²) >= 11 is 0. The van der Waals surface area contributed by atoms with Crippen molar-refractivity contribution < 1.29 is 13.9 Å². The molecular weight excluding hydrogens is 272 g/mol. The van der Waals surface area contributed by atoms with Crippen molar-refractivity contribution in [2.75, 3.05) is 6.61 Å². The number of benzene rings is 2.